The van der Waals surface area contributed by atoms with Gasteiger partial charge in [0, 0.05) is 0 Å². The minimum atomic E-state index is -4.06. The molecule has 0 heterocycles. The Morgan fingerprint density at radius 3 is 2.23 bits per heavy atom. The molecule has 3 nitrogen and oxygen atoms in total. The van der Waals surface area contributed by atoms with Gasteiger partial charge in [0.1, 0.15) is 0 Å². The molecule has 0 spiro atoms. The van der Waals surface area contributed by atoms with Crippen LogP contribution in [0.3, 0.4) is 0 Å². The molecule has 68 valence electrons. The fourth-order valence-electron chi connectivity index (χ4n) is 1.00. The minimum Gasteiger partial charge on any atom is -1.00 e. The maximum atomic E-state index is 10.8. The van der Waals surface area contributed by atoms with Crippen molar-refractivity contribution < 1.29 is 44.0 Å². The van der Waals surface area contributed by atoms with Crippen LogP contribution < -0.4 is 29.6 Å². The van der Waals surface area contributed by atoms with Gasteiger partial charge in [-0.05, 0) is 31.0 Å². The molecule has 5 heteroatoms. The molecule has 0 bridgehead atoms. The Balaban J connectivity index is 0. The smallest absolute Gasteiger partial charge is 1.00 e. The maximum Gasteiger partial charge on any atom is 1.00 e. The predicted molar refractivity (Wildman–Crippen MR) is 46.8 cm³/mol. The second-order valence-electron chi connectivity index (χ2n) is 2.67. The molecule has 0 radical (unpaired) electrons. The Morgan fingerprint density at radius 2 is 1.85 bits per heavy atom. The van der Waals surface area contributed by atoms with E-state index in [1.54, 1.807) is 26.0 Å². The fourth-order valence-corrected chi connectivity index (χ4v) is 1.80. The average molecular weight is 210 g/mol. The van der Waals surface area contributed by atoms with Gasteiger partial charge < -0.3 is 1.43 Å². The van der Waals surface area contributed by atoms with Crippen LogP contribution in [-0.2, 0) is 10.1 Å². The van der Waals surface area contributed by atoms with E-state index in [9.17, 15) is 8.42 Å². The molecule has 0 aromatic heterocycles. The summed E-state index contributed by atoms with van der Waals surface area (Å²) in [6, 6.07) is 4.78. The Morgan fingerprint density at radius 1 is 1.31 bits per heavy atom. The molecule has 0 saturated heterocycles. The number of benzene rings is 1. The Bertz CT molecular complexity index is 403. The molecule has 1 N–H and O–H groups in total. The summed E-state index contributed by atoms with van der Waals surface area (Å²) in [6.07, 6.45) is 0. The standard InChI is InChI=1S/C8H10O3S.Na.H/c1-6-4-3-5-8(7(6)2)12(9,10)11;;/h3-5H,1-2H3,(H,9,10,11);;/q;+1;-1. The van der Waals surface area contributed by atoms with Crippen LogP contribution in [-0.4, -0.2) is 13.0 Å². The van der Waals surface area contributed by atoms with Gasteiger partial charge >= 0.3 is 29.6 Å². The van der Waals surface area contributed by atoms with Crippen LogP contribution in [0.1, 0.15) is 12.6 Å². The monoisotopic (exact) mass is 210 g/mol. The fraction of sp³-hybridized carbons (Fsp3) is 0.250. The van der Waals surface area contributed by atoms with E-state index >= 15 is 0 Å². The molecular weight excluding hydrogens is 199 g/mol. The molecule has 1 aromatic rings. The molecule has 0 atom stereocenters. The van der Waals surface area contributed by atoms with Crippen molar-refractivity contribution in [2.45, 2.75) is 18.7 Å². The SMILES string of the molecule is Cc1cccc(S(=O)(=O)O)c1C.[H-].[Na+]. The molecule has 13 heavy (non-hydrogen) atoms. The third-order valence-electron chi connectivity index (χ3n) is 1.83. The van der Waals surface area contributed by atoms with Crippen LogP contribution in [0.15, 0.2) is 23.1 Å². The summed E-state index contributed by atoms with van der Waals surface area (Å²) < 4.78 is 30.3. The number of rotatable bonds is 1. The van der Waals surface area contributed by atoms with Crippen molar-refractivity contribution in [3.05, 3.63) is 29.3 Å². The van der Waals surface area contributed by atoms with Crippen LogP contribution in [0.5, 0.6) is 0 Å². The predicted octanol–water partition coefficient (Wildman–Crippen LogP) is -1.33. The van der Waals surface area contributed by atoms with Crippen LogP contribution >= 0.6 is 0 Å². The first-order valence-corrected chi connectivity index (χ1v) is 4.90. The molecule has 0 fully saturated rings. The normalized spacial score (nSPS) is 10.7. The van der Waals surface area contributed by atoms with E-state index in [0.29, 0.717) is 5.56 Å². The van der Waals surface area contributed by atoms with Crippen LogP contribution in [0.2, 0.25) is 0 Å². The molecule has 0 unspecified atom stereocenters. The zero-order valence-electron chi connectivity index (χ0n) is 8.90. The first kappa shape index (κ1) is 13.1. The molecule has 1 aromatic carbocycles. The first-order valence-electron chi connectivity index (χ1n) is 3.46. The van der Waals surface area contributed by atoms with E-state index in [0.717, 1.165) is 5.56 Å². The van der Waals surface area contributed by atoms with Gasteiger partial charge in [0.05, 0.1) is 4.90 Å². The van der Waals surface area contributed by atoms with E-state index in [2.05, 4.69) is 0 Å². The van der Waals surface area contributed by atoms with Crippen molar-refractivity contribution in [1.82, 2.24) is 0 Å². The molecule has 0 amide bonds. The molecule has 0 aliphatic rings. The summed E-state index contributed by atoms with van der Waals surface area (Å²) in [5, 5.41) is 0. The molecule has 0 aliphatic carbocycles. The molecule has 0 saturated carbocycles. The van der Waals surface area contributed by atoms with E-state index < -0.39 is 10.1 Å². The van der Waals surface area contributed by atoms with Gasteiger partial charge in [-0.25, -0.2) is 0 Å². The largest absolute Gasteiger partial charge is 1.00 e. The Kier molecular flexibility index (Phi) is 4.62. The van der Waals surface area contributed by atoms with E-state index in [1.165, 1.54) is 6.07 Å². The van der Waals surface area contributed by atoms with Gasteiger partial charge in [0.2, 0.25) is 0 Å². The average Bonchev–Trinajstić information content (AvgIpc) is 1.92. The third kappa shape index (κ3) is 3.07. The molecule has 1 rings (SSSR count). The van der Waals surface area contributed by atoms with Crippen molar-refractivity contribution in [3.63, 3.8) is 0 Å². The summed E-state index contributed by atoms with van der Waals surface area (Å²) in [7, 11) is -4.06. The number of hydrogen-bond acceptors (Lipinski definition) is 2. The second kappa shape index (κ2) is 4.57. The first-order chi connectivity index (χ1) is 5.43. The van der Waals surface area contributed by atoms with Crippen molar-refractivity contribution in [2.75, 3.05) is 0 Å². The van der Waals surface area contributed by atoms with Crippen molar-refractivity contribution >= 4 is 10.1 Å². The number of hydrogen-bond donors (Lipinski definition) is 1. The minimum absolute atomic E-state index is 0. The zero-order chi connectivity index (χ0) is 9.35. The summed E-state index contributed by atoms with van der Waals surface area (Å²) in [5.41, 5.74) is 1.45. The molecular formula is C8H11NaO3S. The van der Waals surface area contributed by atoms with Gasteiger partial charge in [0.15, 0.2) is 0 Å². The van der Waals surface area contributed by atoms with E-state index in [4.69, 9.17) is 4.55 Å². The van der Waals surface area contributed by atoms with Gasteiger partial charge in [-0.15, -0.1) is 0 Å². The molecule has 0 aliphatic heterocycles. The van der Waals surface area contributed by atoms with Crippen molar-refractivity contribution in [1.29, 1.82) is 0 Å². The maximum absolute atomic E-state index is 10.8. The third-order valence-corrected chi connectivity index (χ3v) is 2.83. The topological polar surface area (TPSA) is 54.4 Å². The quantitative estimate of drug-likeness (QED) is 0.461. The summed E-state index contributed by atoms with van der Waals surface area (Å²) in [5.74, 6) is 0. The van der Waals surface area contributed by atoms with Gasteiger partial charge in [-0.3, -0.25) is 4.55 Å². The Labute approximate surface area is 102 Å². The van der Waals surface area contributed by atoms with Crippen LogP contribution in [0.4, 0.5) is 0 Å². The Hall–Kier alpha value is 0.130. The van der Waals surface area contributed by atoms with E-state index in [1.807, 2.05) is 0 Å². The van der Waals surface area contributed by atoms with Crippen LogP contribution in [0.25, 0.3) is 0 Å². The van der Waals surface area contributed by atoms with Crippen LogP contribution in [0, 0.1) is 13.8 Å². The number of aryl methyl sites for hydroxylation is 1. The summed E-state index contributed by atoms with van der Waals surface area (Å²) in [4.78, 5) is -0.0116. The van der Waals surface area contributed by atoms with E-state index in [-0.39, 0.29) is 35.9 Å². The summed E-state index contributed by atoms with van der Waals surface area (Å²) in [6.45, 7) is 3.46. The van der Waals surface area contributed by atoms with Gasteiger partial charge in [-0.1, -0.05) is 12.1 Å². The van der Waals surface area contributed by atoms with Gasteiger partial charge in [0.25, 0.3) is 10.1 Å². The second-order valence-corrected chi connectivity index (χ2v) is 4.06. The van der Waals surface area contributed by atoms with Gasteiger partial charge in [-0.2, -0.15) is 8.42 Å². The zero-order valence-corrected chi connectivity index (χ0v) is 10.7. The van der Waals surface area contributed by atoms with Crippen molar-refractivity contribution in [2.24, 2.45) is 0 Å². The summed E-state index contributed by atoms with van der Waals surface area (Å²) >= 11 is 0. The van der Waals surface area contributed by atoms with Crippen molar-refractivity contribution in [3.8, 4) is 0 Å².